The van der Waals surface area contributed by atoms with Crippen molar-refractivity contribution in [1.29, 1.82) is 0 Å². The van der Waals surface area contributed by atoms with Crippen LogP contribution >= 0.6 is 0 Å². The normalized spacial score (nSPS) is 16.0. The van der Waals surface area contributed by atoms with Crippen molar-refractivity contribution in [3.8, 4) is 11.6 Å². The summed E-state index contributed by atoms with van der Waals surface area (Å²) < 4.78 is 48.0. The standard InChI is InChI=1S/C25H23F3N6O/c1-16-14-33(15-30-16)24-21(35-2)12-17(13-29-24)5-10-22-31-23-20(4-3-11-34(23)32-22)18-6-8-19(9-7-18)25(26,27)28/h5-10,12-15,20H,3-4,11H2,1-2H3/b10-5+. The summed E-state index contributed by atoms with van der Waals surface area (Å²) in [4.78, 5) is 13.4. The second-order valence-corrected chi connectivity index (χ2v) is 8.42. The largest absolute Gasteiger partial charge is 0.493 e. The Morgan fingerprint density at radius 3 is 2.60 bits per heavy atom. The van der Waals surface area contributed by atoms with Gasteiger partial charge >= 0.3 is 6.18 Å². The number of halogens is 3. The second-order valence-electron chi connectivity index (χ2n) is 8.42. The molecule has 7 nitrogen and oxygen atoms in total. The summed E-state index contributed by atoms with van der Waals surface area (Å²) in [5.74, 6) is 2.44. The van der Waals surface area contributed by atoms with E-state index in [1.54, 1.807) is 30.3 Å². The minimum atomic E-state index is -4.35. The molecule has 0 radical (unpaired) electrons. The van der Waals surface area contributed by atoms with Crippen molar-refractivity contribution < 1.29 is 17.9 Å². The number of alkyl halides is 3. The molecule has 35 heavy (non-hydrogen) atoms. The Bertz CT molecular complexity index is 1370. The Labute approximate surface area is 199 Å². The van der Waals surface area contributed by atoms with Gasteiger partial charge in [-0.05, 0) is 61.2 Å². The molecule has 1 unspecified atom stereocenters. The molecule has 4 heterocycles. The van der Waals surface area contributed by atoms with Crippen LogP contribution in [0.15, 0.2) is 49.1 Å². The number of imidazole rings is 1. The highest BCUT2D eigenvalue weighted by Gasteiger charge is 2.31. The van der Waals surface area contributed by atoms with Crippen LogP contribution in [-0.2, 0) is 12.7 Å². The van der Waals surface area contributed by atoms with Crippen LogP contribution in [0.3, 0.4) is 0 Å². The Morgan fingerprint density at radius 2 is 1.91 bits per heavy atom. The van der Waals surface area contributed by atoms with E-state index in [1.165, 1.54) is 12.1 Å². The van der Waals surface area contributed by atoms with E-state index in [9.17, 15) is 13.2 Å². The molecule has 4 aromatic rings. The fourth-order valence-electron chi connectivity index (χ4n) is 4.26. The van der Waals surface area contributed by atoms with Gasteiger partial charge in [0.15, 0.2) is 17.4 Å². The number of aromatic nitrogens is 6. The number of pyridine rings is 1. The van der Waals surface area contributed by atoms with Gasteiger partial charge in [0.1, 0.15) is 12.2 Å². The van der Waals surface area contributed by atoms with Gasteiger partial charge in [0.2, 0.25) is 0 Å². The van der Waals surface area contributed by atoms with Crippen molar-refractivity contribution in [2.75, 3.05) is 7.11 Å². The molecular formula is C25H23F3N6O. The zero-order valence-electron chi connectivity index (χ0n) is 19.2. The molecule has 0 amide bonds. The SMILES string of the molecule is COc1cc(/C=C/c2nc3n(n2)CCCC3c2ccc(C(F)(F)F)cc2)cnc1-n1cnc(C)c1. The Morgan fingerprint density at radius 1 is 1.11 bits per heavy atom. The first-order valence-corrected chi connectivity index (χ1v) is 11.2. The number of methoxy groups -OCH3 is 1. The van der Waals surface area contributed by atoms with Gasteiger partial charge in [0.25, 0.3) is 0 Å². The van der Waals surface area contributed by atoms with Crippen molar-refractivity contribution in [2.45, 2.75) is 38.4 Å². The summed E-state index contributed by atoms with van der Waals surface area (Å²) in [6.45, 7) is 2.63. The van der Waals surface area contributed by atoms with E-state index in [4.69, 9.17) is 4.74 Å². The van der Waals surface area contributed by atoms with Crippen molar-refractivity contribution in [3.63, 3.8) is 0 Å². The zero-order valence-corrected chi connectivity index (χ0v) is 19.2. The third-order valence-electron chi connectivity index (χ3n) is 5.99. The highest BCUT2D eigenvalue weighted by atomic mass is 19.4. The number of nitrogens with zero attached hydrogens (tertiary/aromatic N) is 6. The van der Waals surface area contributed by atoms with Gasteiger partial charge in [0, 0.05) is 24.9 Å². The molecule has 0 aliphatic carbocycles. The number of hydrogen-bond acceptors (Lipinski definition) is 5. The first kappa shape index (κ1) is 22.8. The quantitative estimate of drug-likeness (QED) is 0.388. The smallest absolute Gasteiger partial charge is 0.416 e. The van der Waals surface area contributed by atoms with Gasteiger partial charge in [-0.2, -0.15) is 18.3 Å². The number of fused-ring (bicyclic) bond motifs is 1. The van der Waals surface area contributed by atoms with Crippen LogP contribution in [0.4, 0.5) is 13.2 Å². The molecule has 1 atom stereocenters. The van der Waals surface area contributed by atoms with Crippen molar-refractivity contribution in [2.24, 2.45) is 0 Å². The molecule has 5 rings (SSSR count). The molecule has 0 saturated carbocycles. The molecule has 0 fully saturated rings. The summed E-state index contributed by atoms with van der Waals surface area (Å²) >= 11 is 0. The molecule has 0 bridgehead atoms. The summed E-state index contributed by atoms with van der Waals surface area (Å²) in [6.07, 6.45) is 6.27. The van der Waals surface area contributed by atoms with Crippen LogP contribution in [0.25, 0.3) is 18.0 Å². The Kier molecular flexibility index (Phi) is 5.88. The maximum atomic E-state index is 12.9. The second kappa shape index (κ2) is 9.01. The number of benzene rings is 1. The highest BCUT2D eigenvalue weighted by molar-refractivity contribution is 5.67. The summed E-state index contributed by atoms with van der Waals surface area (Å²) in [7, 11) is 1.59. The van der Waals surface area contributed by atoms with E-state index in [1.807, 2.05) is 29.9 Å². The minimum absolute atomic E-state index is 0.0969. The van der Waals surface area contributed by atoms with Gasteiger partial charge in [-0.25, -0.2) is 19.6 Å². The van der Waals surface area contributed by atoms with E-state index in [0.717, 1.165) is 54.2 Å². The lowest BCUT2D eigenvalue weighted by molar-refractivity contribution is -0.137. The molecule has 0 spiro atoms. The lowest BCUT2D eigenvalue weighted by Crippen LogP contribution is -2.18. The summed E-state index contributed by atoms with van der Waals surface area (Å²) in [6, 6.07) is 7.19. The van der Waals surface area contributed by atoms with Gasteiger partial charge < -0.3 is 4.74 Å². The van der Waals surface area contributed by atoms with E-state index >= 15 is 0 Å². The van der Waals surface area contributed by atoms with Gasteiger partial charge in [-0.3, -0.25) is 4.57 Å². The molecule has 0 N–H and O–H groups in total. The van der Waals surface area contributed by atoms with Crippen LogP contribution in [0.1, 0.15) is 52.8 Å². The topological polar surface area (TPSA) is 70.7 Å². The lowest BCUT2D eigenvalue weighted by Gasteiger charge is -2.22. The van der Waals surface area contributed by atoms with Crippen molar-refractivity contribution in [1.82, 2.24) is 29.3 Å². The average Bonchev–Trinajstić information content (AvgIpc) is 3.47. The fraction of sp³-hybridized carbons (Fsp3) is 0.280. The molecule has 3 aromatic heterocycles. The molecule has 180 valence electrons. The first-order valence-electron chi connectivity index (χ1n) is 11.2. The molecular weight excluding hydrogens is 457 g/mol. The third kappa shape index (κ3) is 4.68. The number of rotatable bonds is 5. The average molecular weight is 480 g/mol. The van der Waals surface area contributed by atoms with Gasteiger partial charge in [-0.1, -0.05) is 12.1 Å². The minimum Gasteiger partial charge on any atom is -0.493 e. The number of hydrogen-bond donors (Lipinski definition) is 0. The van der Waals surface area contributed by atoms with Crippen molar-refractivity contribution in [3.05, 3.63) is 83.1 Å². The molecule has 0 saturated heterocycles. The zero-order chi connectivity index (χ0) is 24.6. The number of ether oxygens (including phenoxy) is 1. The van der Waals surface area contributed by atoms with Gasteiger partial charge in [-0.15, -0.1) is 0 Å². The summed E-state index contributed by atoms with van der Waals surface area (Å²) in [5, 5.41) is 4.58. The van der Waals surface area contributed by atoms with E-state index in [-0.39, 0.29) is 5.92 Å². The van der Waals surface area contributed by atoms with E-state index in [2.05, 4.69) is 20.1 Å². The fourth-order valence-corrected chi connectivity index (χ4v) is 4.26. The first-order chi connectivity index (χ1) is 16.8. The Hall–Kier alpha value is -3.95. The van der Waals surface area contributed by atoms with Crippen LogP contribution in [0.5, 0.6) is 5.75 Å². The van der Waals surface area contributed by atoms with Crippen LogP contribution in [-0.4, -0.2) is 36.4 Å². The maximum absolute atomic E-state index is 12.9. The molecule has 1 aromatic carbocycles. The van der Waals surface area contributed by atoms with Crippen molar-refractivity contribution >= 4 is 12.2 Å². The third-order valence-corrected chi connectivity index (χ3v) is 5.99. The van der Waals surface area contributed by atoms with Crippen LogP contribution < -0.4 is 4.74 Å². The highest BCUT2D eigenvalue weighted by Crippen LogP contribution is 2.35. The predicted molar refractivity (Wildman–Crippen MR) is 124 cm³/mol. The Balaban J connectivity index is 1.38. The van der Waals surface area contributed by atoms with E-state index in [0.29, 0.717) is 17.4 Å². The lowest BCUT2D eigenvalue weighted by atomic mass is 9.90. The molecule has 1 aliphatic rings. The van der Waals surface area contributed by atoms with Gasteiger partial charge in [0.05, 0.1) is 18.4 Å². The molecule has 1 aliphatic heterocycles. The van der Waals surface area contributed by atoms with Crippen LogP contribution in [0.2, 0.25) is 0 Å². The summed E-state index contributed by atoms with van der Waals surface area (Å²) in [5.41, 5.74) is 1.85. The van der Waals surface area contributed by atoms with Crippen LogP contribution in [0, 0.1) is 6.92 Å². The van der Waals surface area contributed by atoms with E-state index < -0.39 is 11.7 Å². The maximum Gasteiger partial charge on any atom is 0.416 e. The monoisotopic (exact) mass is 480 g/mol. The number of aryl methyl sites for hydroxylation is 2. The predicted octanol–water partition coefficient (Wildman–Crippen LogP) is 5.29. The molecule has 10 heteroatoms.